The molecule has 5 nitrogen and oxygen atoms in total. The number of nitrogens with one attached hydrogen (secondary N) is 1. The molecule has 1 unspecified atom stereocenters. The van der Waals surface area contributed by atoms with Gasteiger partial charge < -0.3 is 20.1 Å². The standard InChI is InChI=1S/C15H30N2O3/c1-15(2,3)14(19)16-11-13-5-4-6-17(12-13)7-9-20-10-8-18/h13,18H,4-12H2,1-3H3,(H,16,19). The molecule has 1 heterocycles. The highest BCUT2D eigenvalue weighted by atomic mass is 16.5. The molecular formula is C15H30N2O3. The van der Waals surface area contributed by atoms with Crippen molar-refractivity contribution in [1.29, 1.82) is 0 Å². The first kappa shape index (κ1) is 17.4. The normalized spacial score (nSPS) is 20.9. The number of carbonyl (C=O) groups excluding carboxylic acids is 1. The smallest absolute Gasteiger partial charge is 0.225 e. The number of ether oxygens (including phenoxy) is 1. The molecule has 5 heteroatoms. The number of aliphatic hydroxyl groups is 1. The summed E-state index contributed by atoms with van der Waals surface area (Å²) in [5, 5.41) is 11.7. The van der Waals surface area contributed by atoms with Gasteiger partial charge in [0.05, 0.1) is 19.8 Å². The third-order valence-electron chi connectivity index (χ3n) is 3.62. The number of hydrogen-bond donors (Lipinski definition) is 2. The lowest BCUT2D eigenvalue weighted by atomic mass is 9.94. The van der Waals surface area contributed by atoms with Crippen LogP contribution in [0.5, 0.6) is 0 Å². The second kappa shape index (κ2) is 8.60. The second-order valence-electron chi connectivity index (χ2n) is 6.60. The molecule has 118 valence electrons. The fourth-order valence-electron chi connectivity index (χ4n) is 2.38. The highest BCUT2D eigenvalue weighted by molar-refractivity contribution is 5.81. The number of nitrogens with zero attached hydrogens (tertiary/aromatic N) is 1. The van der Waals surface area contributed by atoms with Crippen LogP contribution < -0.4 is 5.32 Å². The van der Waals surface area contributed by atoms with Gasteiger partial charge in [-0.1, -0.05) is 20.8 Å². The van der Waals surface area contributed by atoms with E-state index in [1.807, 2.05) is 20.8 Å². The van der Waals surface area contributed by atoms with Crippen LogP contribution in [0, 0.1) is 11.3 Å². The highest BCUT2D eigenvalue weighted by Gasteiger charge is 2.24. The zero-order chi connectivity index (χ0) is 15.0. The molecule has 0 bridgehead atoms. The lowest BCUT2D eigenvalue weighted by molar-refractivity contribution is -0.128. The van der Waals surface area contributed by atoms with E-state index in [-0.39, 0.29) is 17.9 Å². The summed E-state index contributed by atoms with van der Waals surface area (Å²) in [6, 6.07) is 0. The van der Waals surface area contributed by atoms with Crippen molar-refractivity contribution < 1.29 is 14.6 Å². The van der Waals surface area contributed by atoms with Gasteiger partial charge in [-0.2, -0.15) is 0 Å². The SMILES string of the molecule is CC(C)(C)C(=O)NCC1CCCN(CCOCCO)C1. The Bertz CT molecular complexity index is 289. The van der Waals surface area contributed by atoms with Crippen molar-refractivity contribution in [3.05, 3.63) is 0 Å². The van der Waals surface area contributed by atoms with Gasteiger partial charge in [0, 0.05) is 25.0 Å². The Balaban J connectivity index is 2.22. The summed E-state index contributed by atoms with van der Waals surface area (Å²) >= 11 is 0. The highest BCUT2D eigenvalue weighted by Crippen LogP contribution is 2.17. The number of piperidine rings is 1. The van der Waals surface area contributed by atoms with Crippen molar-refractivity contribution in [2.75, 3.05) is 46.0 Å². The summed E-state index contributed by atoms with van der Waals surface area (Å²) in [4.78, 5) is 14.2. The van der Waals surface area contributed by atoms with Crippen LogP contribution in [0.15, 0.2) is 0 Å². The van der Waals surface area contributed by atoms with E-state index in [2.05, 4.69) is 10.2 Å². The largest absolute Gasteiger partial charge is 0.394 e. The Kier molecular flexibility index (Phi) is 7.48. The van der Waals surface area contributed by atoms with Crippen LogP contribution in [-0.2, 0) is 9.53 Å². The van der Waals surface area contributed by atoms with Crippen molar-refractivity contribution in [2.24, 2.45) is 11.3 Å². The van der Waals surface area contributed by atoms with Crippen LogP contribution >= 0.6 is 0 Å². The van der Waals surface area contributed by atoms with Crippen LogP contribution in [-0.4, -0.2) is 61.9 Å². The average molecular weight is 286 g/mol. The number of amides is 1. The predicted octanol–water partition coefficient (Wildman–Crippen LogP) is 0.870. The van der Waals surface area contributed by atoms with E-state index in [1.54, 1.807) is 0 Å². The van der Waals surface area contributed by atoms with Crippen LogP contribution in [0.2, 0.25) is 0 Å². The maximum Gasteiger partial charge on any atom is 0.225 e. The first-order valence-electron chi connectivity index (χ1n) is 7.62. The average Bonchev–Trinajstić information content (AvgIpc) is 2.40. The number of rotatable bonds is 7. The molecule has 1 aliphatic heterocycles. The van der Waals surface area contributed by atoms with Crippen LogP contribution in [0.1, 0.15) is 33.6 Å². The minimum Gasteiger partial charge on any atom is -0.394 e. The van der Waals surface area contributed by atoms with E-state index in [9.17, 15) is 4.79 Å². The number of carbonyl (C=O) groups is 1. The summed E-state index contributed by atoms with van der Waals surface area (Å²) in [6.45, 7) is 10.8. The van der Waals surface area contributed by atoms with Gasteiger partial charge in [0.25, 0.3) is 0 Å². The Labute approximate surface area is 122 Å². The monoisotopic (exact) mass is 286 g/mol. The zero-order valence-corrected chi connectivity index (χ0v) is 13.2. The molecule has 1 rings (SSSR count). The van der Waals surface area contributed by atoms with Crippen LogP contribution in [0.3, 0.4) is 0 Å². The first-order chi connectivity index (χ1) is 9.43. The van der Waals surface area contributed by atoms with Gasteiger partial charge in [-0.15, -0.1) is 0 Å². The topological polar surface area (TPSA) is 61.8 Å². The fraction of sp³-hybridized carbons (Fsp3) is 0.933. The van der Waals surface area contributed by atoms with Gasteiger partial charge >= 0.3 is 0 Å². The van der Waals surface area contributed by atoms with Crippen molar-refractivity contribution in [3.63, 3.8) is 0 Å². The summed E-state index contributed by atoms with van der Waals surface area (Å²) < 4.78 is 5.30. The summed E-state index contributed by atoms with van der Waals surface area (Å²) in [5.41, 5.74) is -0.313. The van der Waals surface area contributed by atoms with E-state index >= 15 is 0 Å². The molecule has 1 amide bonds. The number of aliphatic hydroxyl groups excluding tert-OH is 1. The molecule has 0 spiro atoms. The number of likely N-dealkylation sites (tertiary alicyclic amines) is 1. The lowest BCUT2D eigenvalue weighted by Gasteiger charge is -2.33. The maximum absolute atomic E-state index is 11.9. The van der Waals surface area contributed by atoms with Gasteiger partial charge in [-0.3, -0.25) is 4.79 Å². The van der Waals surface area contributed by atoms with Crippen LogP contribution in [0.4, 0.5) is 0 Å². The van der Waals surface area contributed by atoms with Crippen molar-refractivity contribution in [1.82, 2.24) is 10.2 Å². The summed E-state index contributed by atoms with van der Waals surface area (Å²) in [6.07, 6.45) is 2.36. The number of hydrogen-bond acceptors (Lipinski definition) is 4. The van der Waals surface area contributed by atoms with E-state index in [4.69, 9.17) is 9.84 Å². The quantitative estimate of drug-likeness (QED) is 0.682. The Morgan fingerprint density at radius 3 is 2.80 bits per heavy atom. The molecular weight excluding hydrogens is 256 g/mol. The Hall–Kier alpha value is -0.650. The Morgan fingerprint density at radius 2 is 2.15 bits per heavy atom. The second-order valence-corrected chi connectivity index (χ2v) is 6.60. The molecule has 0 aromatic rings. The van der Waals surface area contributed by atoms with Gasteiger partial charge in [-0.25, -0.2) is 0 Å². The molecule has 2 N–H and O–H groups in total. The van der Waals surface area contributed by atoms with Crippen molar-refractivity contribution in [3.8, 4) is 0 Å². The molecule has 0 saturated carbocycles. The van der Waals surface area contributed by atoms with E-state index in [1.165, 1.54) is 12.8 Å². The predicted molar refractivity (Wildman–Crippen MR) is 79.5 cm³/mol. The minimum absolute atomic E-state index is 0.0848. The van der Waals surface area contributed by atoms with Crippen molar-refractivity contribution >= 4 is 5.91 Å². The minimum atomic E-state index is -0.313. The van der Waals surface area contributed by atoms with Gasteiger partial charge in [0.1, 0.15) is 0 Å². The fourth-order valence-corrected chi connectivity index (χ4v) is 2.38. The van der Waals surface area contributed by atoms with Crippen LogP contribution in [0.25, 0.3) is 0 Å². The molecule has 1 aliphatic rings. The molecule has 0 radical (unpaired) electrons. The zero-order valence-electron chi connectivity index (χ0n) is 13.2. The van der Waals surface area contributed by atoms with Crippen molar-refractivity contribution in [2.45, 2.75) is 33.6 Å². The third kappa shape index (κ3) is 6.68. The van der Waals surface area contributed by atoms with Gasteiger partial charge in [-0.05, 0) is 25.3 Å². The molecule has 1 saturated heterocycles. The van der Waals surface area contributed by atoms with E-state index in [0.717, 1.165) is 26.2 Å². The molecule has 0 aliphatic carbocycles. The van der Waals surface area contributed by atoms with E-state index < -0.39 is 0 Å². The summed E-state index contributed by atoms with van der Waals surface area (Å²) in [7, 11) is 0. The molecule has 0 aromatic carbocycles. The van der Waals surface area contributed by atoms with Gasteiger partial charge in [0.2, 0.25) is 5.91 Å². The molecule has 1 atom stereocenters. The molecule has 1 fully saturated rings. The molecule has 20 heavy (non-hydrogen) atoms. The lowest BCUT2D eigenvalue weighted by Crippen LogP contribution is -2.44. The van der Waals surface area contributed by atoms with E-state index in [0.29, 0.717) is 19.1 Å². The maximum atomic E-state index is 11.9. The molecule has 0 aromatic heterocycles. The summed E-state index contributed by atoms with van der Waals surface area (Å²) in [5.74, 6) is 0.661. The Morgan fingerprint density at radius 1 is 1.40 bits per heavy atom. The first-order valence-corrected chi connectivity index (χ1v) is 7.62. The third-order valence-corrected chi connectivity index (χ3v) is 3.62. The van der Waals surface area contributed by atoms with Gasteiger partial charge in [0.15, 0.2) is 0 Å².